The van der Waals surface area contributed by atoms with E-state index in [0.717, 1.165) is 24.0 Å². The molecule has 2 nitrogen and oxygen atoms in total. The number of aryl methyl sites for hydroxylation is 1. The van der Waals surface area contributed by atoms with Gasteiger partial charge >= 0.3 is 0 Å². The molecule has 0 spiro atoms. The highest BCUT2D eigenvalue weighted by Gasteiger charge is 2.33. The Bertz CT molecular complexity index is 375. The first-order valence-corrected chi connectivity index (χ1v) is 7.25. The van der Waals surface area contributed by atoms with E-state index in [1.165, 1.54) is 25.7 Å². The first-order chi connectivity index (χ1) is 8.47. The fourth-order valence-corrected chi connectivity index (χ4v) is 3.22. The molecule has 18 heavy (non-hydrogen) atoms. The zero-order chi connectivity index (χ0) is 13.2. The monoisotopic (exact) mass is 249 g/mol. The summed E-state index contributed by atoms with van der Waals surface area (Å²) in [5.41, 5.74) is 0.400. The summed E-state index contributed by atoms with van der Waals surface area (Å²) in [5.74, 6) is 2.84. The molecule has 0 bridgehead atoms. The van der Waals surface area contributed by atoms with Gasteiger partial charge in [0.1, 0.15) is 11.5 Å². The maximum atomic E-state index is 5.63. The molecule has 0 radical (unpaired) electrons. The Labute approximate surface area is 111 Å². The summed E-state index contributed by atoms with van der Waals surface area (Å²) in [7, 11) is 0. The van der Waals surface area contributed by atoms with Crippen LogP contribution in [0.5, 0.6) is 0 Å². The quantitative estimate of drug-likeness (QED) is 0.865. The average molecular weight is 249 g/mol. The van der Waals surface area contributed by atoms with Crippen LogP contribution in [0.4, 0.5) is 0 Å². The Balaban J connectivity index is 1.93. The van der Waals surface area contributed by atoms with Gasteiger partial charge in [-0.05, 0) is 43.2 Å². The molecule has 2 rings (SSSR count). The molecule has 0 aliphatic heterocycles. The first-order valence-electron chi connectivity index (χ1n) is 7.25. The van der Waals surface area contributed by atoms with E-state index in [0.29, 0.717) is 11.5 Å². The number of nitrogens with one attached hydrogen (secondary N) is 1. The van der Waals surface area contributed by atoms with Crippen LogP contribution in [0.25, 0.3) is 0 Å². The lowest BCUT2D eigenvalue weighted by atomic mass is 9.69. The number of hydrogen-bond donors (Lipinski definition) is 1. The summed E-state index contributed by atoms with van der Waals surface area (Å²) < 4.78 is 5.63. The van der Waals surface area contributed by atoms with E-state index in [-0.39, 0.29) is 0 Å². The molecule has 1 aromatic heterocycles. The van der Waals surface area contributed by atoms with Gasteiger partial charge in [0.15, 0.2) is 0 Å². The largest absolute Gasteiger partial charge is 0.465 e. The van der Waals surface area contributed by atoms with E-state index in [4.69, 9.17) is 4.42 Å². The fraction of sp³-hybridized carbons (Fsp3) is 0.750. The van der Waals surface area contributed by atoms with Crippen molar-refractivity contribution >= 4 is 0 Å². The highest BCUT2D eigenvalue weighted by Crippen LogP contribution is 2.38. The Morgan fingerprint density at radius 2 is 1.94 bits per heavy atom. The van der Waals surface area contributed by atoms with Crippen molar-refractivity contribution in [2.75, 3.05) is 0 Å². The van der Waals surface area contributed by atoms with Crippen LogP contribution in [0.3, 0.4) is 0 Å². The Hall–Kier alpha value is -0.760. The maximum Gasteiger partial charge on any atom is 0.117 e. The summed E-state index contributed by atoms with van der Waals surface area (Å²) in [4.78, 5) is 0. The van der Waals surface area contributed by atoms with Crippen LogP contribution < -0.4 is 5.32 Å². The van der Waals surface area contributed by atoms with Crippen LogP contribution in [0.1, 0.15) is 58.0 Å². The predicted octanol–water partition coefficient (Wildman–Crippen LogP) is 4.28. The van der Waals surface area contributed by atoms with Gasteiger partial charge in [-0.1, -0.05) is 33.6 Å². The molecule has 1 fully saturated rings. The summed E-state index contributed by atoms with van der Waals surface area (Å²) >= 11 is 0. The van der Waals surface area contributed by atoms with Crippen LogP contribution in [0, 0.1) is 18.3 Å². The SMILES string of the molecule is Cc1ccc(CNC2CCCCC2C(C)(C)C)o1. The topological polar surface area (TPSA) is 25.2 Å². The molecule has 1 aromatic rings. The van der Waals surface area contributed by atoms with Gasteiger partial charge in [0.25, 0.3) is 0 Å². The third-order valence-electron chi connectivity index (χ3n) is 4.21. The predicted molar refractivity (Wildman–Crippen MR) is 75.5 cm³/mol. The molecule has 0 saturated heterocycles. The van der Waals surface area contributed by atoms with Gasteiger partial charge in [0.05, 0.1) is 6.54 Å². The van der Waals surface area contributed by atoms with Gasteiger partial charge in [-0.15, -0.1) is 0 Å². The molecule has 1 aliphatic rings. The minimum absolute atomic E-state index is 0.400. The zero-order valence-corrected chi connectivity index (χ0v) is 12.3. The molecule has 1 aliphatic carbocycles. The van der Waals surface area contributed by atoms with E-state index in [2.05, 4.69) is 32.2 Å². The number of rotatable bonds is 3. The van der Waals surface area contributed by atoms with Crippen molar-refractivity contribution in [1.29, 1.82) is 0 Å². The second-order valence-electron chi connectivity index (χ2n) is 6.76. The normalized spacial score (nSPS) is 25.3. The van der Waals surface area contributed by atoms with Gasteiger partial charge in [0, 0.05) is 6.04 Å². The zero-order valence-electron chi connectivity index (χ0n) is 12.3. The molecular formula is C16H27NO. The summed E-state index contributed by atoms with van der Waals surface area (Å²) in [6.45, 7) is 9.98. The van der Waals surface area contributed by atoms with Crippen LogP contribution in [0.15, 0.2) is 16.5 Å². The average Bonchev–Trinajstić information content (AvgIpc) is 2.72. The molecule has 2 heteroatoms. The Kier molecular flexibility index (Phi) is 4.16. The first kappa shape index (κ1) is 13.7. The second-order valence-corrected chi connectivity index (χ2v) is 6.76. The molecule has 1 saturated carbocycles. The van der Waals surface area contributed by atoms with Crippen LogP contribution >= 0.6 is 0 Å². The van der Waals surface area contributed by atoms with E-state index in [1.807, 2.05) is 13.0 Å². The molecule has 102 valence electrons. The second kappa shape index (κ2) is 5.48. The van der Waals surface area contributed by atoms with Crippen molar-refractivity contribution in [2.45, 2.75) is 66.0 Å². The van der Waals surface area contributed by atoms with Gasteiger partial charge < -0.3 is 9.73 Å². The van der Waals surface area contributed by atoms with Gasteiger partial charge in [-0.25, -0.2) is 0 Å². The molecular weight excluding hydrogens is 222 g/mol. The maximum absolute atomic E-state index is 5.63. The van der Waals surface area contributed by atoms with Crippen molar-refractivity contribution in [3.05, 3.63) is 23.7 Å². The van der Waals surface area contributed by atoms with E-state index >= 15 is 0 Å². The van der Waals surface area contributed by atoms with Crippen molar-refractivity contribution in [1.82, 2.24) is 5.32 Å². The van der Waals surface area contributed by atoms with E-state index in [1.54, 1.807) is 0 Å². The van der Waals surface area contributed by atoms with Gasteiger partial charge in [0.2, 0.25) is 0 Å². The Morgan fingerprint density at radius 1 is 1.22 bits per heavy atom. The van der Waals surface area contributed by atoms with Gasteiger partial charge in [-0.2, -0.15) is 0 Å². The molecule has 1 heterocycles. The standard InChI is InChI=1S/C16H27NO/c1-12-9-10-13(18-12)11-17-15-8-6-5-7-14(15)16(2,3)4/h9-10,14-15,17H,5-8,11H2,1-4H3. The van der Waals surface area contributed by atoms with Crippen molar-refractivity contribution < 1.29 is 4.42 Å². The third kappa shape index (κ3) is 3.38. The van der Waals surface area contributed by atoms with Crippen LogP contribution in [0.2, 0.25) is 0 Å². The molecule has 0 amide bonds. The summed E-state index contributed by atoms with van der Waals surface area (Å²) in [5, 5.41) is 3.71. The molecule has 2 atom stereocenters. The van der Waals surface area contributed by atoms with Crippen LogP contribution in [-0.2, 0) is 6.54 Å². The minimum atomic E-state index is 0.400. The van der Waals surface area contributed by atoms with Crippen LogP contribution in [-0.4, -0.2) is 6.04 Å². The molecule has 2 unspecified atom stereocenters. The molecule has 1 N–H and O–H groups in total. The summed E-state index contributed by atoms with van der Waals surface area (Å²) in [6, 6.07) is 4.76. The van der Waals surface area contributed by atoms with E-state index < -0.39 is 0 Å². The number of furan rings is 1. The Morgan fingerprint density at radius 3 is 2.56 bits per heavy atom. The van der Waals surface area contributed by atoms with Crippen molar-refractivity contribution in [3.8, 4) is 0 Å². The van der Waals surface area contributed by atoms with E-state index in [9.17, 15) is 0 Å². The van der Waals surface area contributed by atoms with Crippen molar-refractivity contribution in [2.24, 2.45) is 11.3 Å². The lowest BCUT2D eigenvalue weighted by Crippen LogP contribution is -2.43. The minimum Gasteiger partial charge on any atom is -0.465 e. The lowest BCUT2D eigenvalue weighted by molar-refractivity contribution is 0.128. The third-order valence-corrected chi connectivity index (χ3v) is 4.21. The summed E-state index contributed by atoms with van der Waals surface area (Å²) in [6.07, 6.45) is 5.42. The van der Waals surface area contributed by atoms with Crippen molar-refractivity contribution in [3.63, 3.8) is 0 Å². The van der Waals surface area contributed by atoms with Gasteiger partial charge in [-0.3, -0.25) is 0 Å². The number of hydrogen-bond acceptors (Lipinski definition) is 2. The highest BCUT2D eigenvalue weighted by atomic mass is 16.3. The lowest BCUT2D eigenvalue weighted by Gasteiger charge is -2.40. The highest BCUT2D eigenvalue weighted by molar-refractivity contribution is 5.05. The molecule has 0 aromatic carbocycles. The smallest absolute Gasteiger partial charge is 0.117 e. The fourth-order valence-electron chi connectivity index (χ4n) is 3.22.